The molecule has 88 valence electrons. The number of fused-ring (bicyclic) bond motifs is 1. The van der Waals surface area contributed by atoms with Crippen molar-refractivity contribution >= 4 is 11.6 Å². The van der Waals surface area contributed by atoms with Gasteiger partial charge >= 0.3 is 0 Å². The van der Waals surface area contributed by atoms with E-state index in [1.54, 1.807) is 0 Å². The van der Waals surface area contributed by atoms with Gasteiger partial charge in [0.25, 0.3) is 0 Å². The van der Waals surface area contributed by atoms with Crippen molar-refractivity contribution < 1.29 is 5.11 Å². The maximum atomic E-state index is 9.06. The molecule has 1 aliphatic rings. The minimum Gasteiger partial charge on any atom is -0.395 e. The molecule has 0 fully saturated rings. The van der Waals surface area contributed by atoms with Crippen LogP contribution in [0, 0.1) is 0 Å². The van der Waals surface area contributed by atoms with Crippen LogP contribution in [0.3, 0.4) is 0 Å². The van der Waals surface area contributed by atoms with Gasteiger partial charge in [-0.3, -0.25) is 4.90 Å². The quantitative estimate of drug-likeness (QED) is 0.873. The normalized spacial score (nSPS) is 19.1. The Labute approximate surface area is 102 Å². The van der Waals surface area contributed by atoms with E-state index < -0.39 is 0 Å². The largest absolute Gasteiger partial charge is 0.395 e. The van der Waals surface area contributed by atoms with Gasteiger partial charge < -0.3 is 5.11 Å². The molecule has 0 aromatic heterocycles. The molecule has 1 aromatic carbocycles. The molecule has 2 rings (SSSR count). The van der Waals surface area contributed by atoms with Gasteiger partial charge in [0.05, 0.1) is 6.61 Å². The van der Waals surface area contributed by atoms with Crippen molar-refractivity contribution in [2.45, 2.75) is 25.8 Å². The molecule has 0 spiro atoms. The van der Waals surface area contributed by atoms with Crippen LogP contribution in [0.25, 0.3) is 0 Å². The van der Waals surface area contributed by atoms with E-state index in [0.29, 0.717) is 6.04 Å². The number of aliphatic hydroxyl groups excluding tert-OH is 1. The van der Waals surface area contributed by atoms with Crippen LogP contribution in [0.4, 0.5) is 0 Å². The van der Waals surface area contributed by atoms with Crippen molar-refractivity contribution in [1.29, 1.82) is 0 Å². The van der Waals surface area contributed by atoms with Crippen LogP contribution >= 0.6 is 11.6 Å². The van der Waals surface area contributed by atoms with Gasteiger partial charge in [-0.25, -0.2) is 0 Å². The highest BCUT2D eigenvalue weighted by Gasteiger charge is 2.27. The first kappa shape index (κ1) is 11.9. The van der Waals surface area contributed by atoms with E-state index >= 15 is 0 Å². The van der Waals surface area contributed by atoms with Gasteiger partial charge in [0.1, 0.15) is 0 Å². The lowest BCUT2D eigenvalue weighted by Crippen LogP contribution is -2.30. The molecule has 0 saturated heterocycles. The number of hydrogen-bond donors (Lipinski definition) is 1. The first-order chi connectivity index (χ1) is 7.77. The van der Waals surface area contributed by atoms with Crippen molar-refractivity contribution in [2.24, 2.45) is 0 Å². The SMILES string of the molecule is CCN(CCO)C1CCc2c(Cl)cccc21. The van der Waals surface area contributed by atoms with Crippen LogP contribution in [-0.2, 0) is 6.42 Å². The van der Waals surface area contributed by atoms with Crippen LogP contribution in [0.15, 0.2) is 18.2 Å². The van der Waals surface area contributed by atoms with E-state index in [2.05, 4.69) is 17.9 Å². The highest BCUT2D eigenvalue weighted by atomic mass is 35.5. The third-order valence-electron chi connectivity index (χ3n) is 3.42. The second-order valence-electron chi connectivity index (χ2n) is 4.21. The van der Waals surface area contributed by atoms with Gasteiger partial charge in [0.15, 0.2) is 0 Å². The van der Waals surface area contributed by atoms with E-state index in [-0.39, 0.29) is 6.61 Å². The molecule has 0 amide bonds. The van der Waals surface area contributed by atoms with Crippen LogP contribution < -0.4 is 0 Å². The Morgan fingerprint density at radius 1 is 1.50 bits per heavy atom. The average Bonchev–Trinajstić information content (AvgIpc) is 2.71. The van der Waals surface area contributed by atoms with Crippen molar-refractivity contribution in [2.75, 3.05) is 19.7 Å². The molecule has 3 heteroatoms. The zero-order valence-corrected chi connectivity index (χ0v) is 10.4. The number of hydrogen-bond acceptors (Lipinski definition) is 2. The highest BCUT2D eigenvalue weighted by molar-refractivity contribution is 6.31. The molecule has 0 aliphatic heterocycles. The smallest absolute Gasteiger partial charge is 0.0558 e. The number of likely N-dealkylation sites (N-methyl/N-ethyl adjacent to an activating group) is 1. The number of rotatable bonds is 4. The fraction of sp³-hybridized carbons (Fsp3) is 0.538. The molecular formula is C13H18ClNO. The van der Waals surface area contributed by atoms with E-state index in [0.717, 1.165) is 31.0 Å². The molecule has 1 N–H and O–H groups in total. The summed E-state index contributed by atoms with van der Waals surface area (Å²) in [5.74, 6) is 0. The number of nitrogens with zero attached hydrogens (tertiary/aromatic N) is 1. The van der Waals surface area contributed by atoms with Crippen molar-refractivity contribution in [3.63, 3.8) is 0 Å². The Balaban J connectivity index is 2.25. The predicted octanol–water partition coefficient (Wildman–Crippen LogP) is 2.64. The molecule has 0 radical (unpaired) electrons. The molecule has 0 bridgehead atoms. The van der Waals surface area contributed by atoms with Crippen molar-refractivity contribution in [3.05, 3.63) is 34.3 Å². The zero-order valence-electron chi connectivity index (χ0n) is 9.62. The lowest BCUT2D eigenvalue weighted by molar-refractivity contribution is 0.156. The Bertz CT molecular complexity index is 367. The minimum atomic E-state index is 0.222. The standard InChI is InChI=1S/C13H18ClNO/c1-2-15(8-9-16)13-7-6-10-11(13)4-3-5-12(10)14/h3-5,13,16H,2,6-9H2,1H3. The Hall–Kier alpha value is -0.570. The van der Waals surface area contributed by atoms with Crippen molar-refractivity contribution in [1.82, 2.24) is 4.90 Å². The molecular weight excluding hydrogens is 222 g/mol. The maximum absolute atomic E-state index is 9.06. The molecule has 1 aromatic rings. The highest BCUT2D eigenvalue weighted by Crippen LogP contribution is 2.38. The molecule has 0 heterocycles. The molecule has 2 nitrogen and oxygen atoms in total. The monoisotopic (exact) mass is 239 g/mol. The fourth-order valence-electron chi connectivity index (χ4n) is 2.63. The van der Waals surface area contributed by atoms with Gasteiger partial charge in [-0.1, -0.05) is 30.7 Å². The van der Waals surface area contributed by atoms with E-state index in [1.807, 2.05) is 12.1 Å². The summed E-state index contributed by atoms with van der Waals surface area (Å²) in [6.45, 7) is 4.07. The Morgan fingerprint density at radius 2 is 2.31 bits per heavy atom. The Morgan fingerprint density at radius 3 is 3.00 bits per heavy atom. The molecule has 1 aliphatic carbocycles. The van der Waals surface area contributed by atoms with Gasteiger partial charge in [-0.15, -0.1) is 0 Å². The second-order valence-corrected chi connectivity index (χ2v) is 4.62. The lowest BCUT2D eigenvalue weighted by atomic mass is 10.1. The van der Waals surface area contributed by atoms with E-state index in [4.69, 9.17) is 16.7 Å². The summed E-state index contributed by atoms with van der Waals surface area (Å²) >= 11 is 6.19. The summed E-state index contributed by atoms with van der Waals surface area (Å²) in [7, 11) is 0. The maximum Gasteiger partial charge on any atom is 0.0558 e. The molecule has 1 unspecified atom stereocenters. The summed E-state index contributed by atoms with van der Waals surface area (Å²) < 4.78 is 0. The lowest BCUT2D eigenvalue weighted by Gasteiger charge is -2.27. The third kappa shape index (κ3) is 2.10. The molecule has 16 heavy (non-hydrogen) atoms. The average molecular weight is 240 g/mol. The summed E-state index contributed by atoms with van der Waals surface area (Å²) in [5.41, 5.74) is 2.65. The van der Waals surface area contributed by atoms with Crippen LogP contribution in [0.5, 0.6) is 0 Å². The summed E-state index contributed by atoms with van der Waals surface area (Å²) in [6.07, 6.45) is 2.18. The van der Waals surface area contributed by atoms with Gasteiger partial charge in [0, 0.05) is 17.6 Å². The summed E-state index contributed by atoms with van der Waals surface area (Å²) in [5, 5.41) is 9.95. The van der Waals surface area contributed by atoms with E-state index in [1.165, 1.54) is 11.1 Å². The molecule has 0 saturated carbocycles. The summed E-state index contributed by atoms with van der Waals surface area (Å²) in [6, 6.07) is 6.59. The topological polar surface area (TPSA) is 23.5 Å². The van der Waals surface area contributed by atoms with Crippen molar-refractivity contribution in [3.8, 4) is 0 Å². The number of halogens is 1. The third-order valence-corrected chi connectivity index (χ3v) is 3.77. The van der Waals surface area contributed by atoms with Crippen LogP contribution in [0.2, 0.25) is 5.02 Å². The van der Waals surface area contributed by atoms with Crippen LogP contribution in [0.1, 0.15) is 30.5 Å². The minimum absolute atomic E-state index is 0.222. The van der Waals surface area contributed by atoms with Gasteiger partial charge in [-0.05, 0) is 36.6 Å². The van der Waals surface area contributed by atoms with Crippen LogP contribution in [-0.4, -0.2) is 29.7 Å². The molecule has 1 atom stereocenters. The fourth-order valence-corrected chi connectivity index (χ4v) is 2.91. The number of aliphatic hydroxyl groups is 1. The zero-order chi connectivity index (χ0) is 11.5. The van der Waals surface area contributed by atoms with Gasteiger partial charge in [0.2, 0.25) is 0 Å². The first-order valence-electron chi connectivity index (χ1n) is 5.90. The predicted molar refractivity (Wildman–Crippen MR) is 66.8 cm³/mol. The Kier molecular flexibility index (Phi) is 3.85. The van der Waals surface area contributed by atoms with E-state index in [9.17, 15) is 0 Å². The first-order valence-corrected chi connectivity index (χ1v) is 6.28. The number of benzene rings is 1. The summed E-state index contributed by atoms with van der Waals surface area (Å²) in [4.78, 5) is 2.32. The second kappa shape index (κ2) is 5.17. The van der Waals surface area contributed by atoms with Gasteiger partial charge in [-0.2, -0.15) is 0 Å².